The van der Waals surface area contributed by atoms with Gasteiger partial charge in [0.2, 0.25) is 0 Å². The highest BCUT2D eigenvalue weighted by atomic mass is 32.2. The topological polar surface area (TPSA) is 55.1 Å². The first-order valence-corrected chi connectivity index (χ1v) is 3.51. The fraction of sp³-hybridized carbons (Fsp3) is 0.400. The monoisotopic (exact) mass is 164 g/mol. The van der Waals surface area contributed by atoms with E-state index < -0.39 is 11.5 Å². The van der Waals surface area contributed by atoms with Crippen LogP contribution in [0.3, 0.4) is 0 Å². The van der Waals surface area contributed by atoms with Crippen molar-refractivity contribution in [2.24, 2.45) is 5.73 Å². The maximum Gasteiger partial charge on any atom is 0.322 e. The first-order chi connectivity index (χ1) is 4.66. The summed E-state index contributed by atoms with van der Waals surface area (Å²) in [6, 6.07) is -0.739. The minimum Gasteiger partial charge on any atom is -0.351 e. The number of primary amides is 1. The van der Waals surface area contributed by atoms with E-state index in [4.69, 9.17) is 0 Å². The summed E-state index contributed by atoms with van der Waals surface area (Å²) in [6.07, 6.45) is 1.63. The number of allylic oxidation sites excluding steroid dienone is 1. The van der Waals surface area contributed by atoms with Gasteiger partial charge in [-0.15, -0.1) is 6.58 Å². The molecule has 0 aliphatic carbocycles. The number of hydrogen-bond donors (Lipinski definition) is 2. The molecule has 10 heavy (non-hydrogen) atoms. The Morgan fingerprint density at radius 1 is 2.00 bits per heavy atom. The molecule has 0 aromatic heterocycles. The first kappa shape index (κ1) is 9.29. The fourth-order valence-electron chi connectivity index (χ4n) is 0.301. The molecule has 0 rings (SSSR count). The van der Waals surface area contributed by atoms with Gasteiger partial charge < -0.3 is 5.73 Å². The van der Waals surface area contributed by atoms with Gasteiger partial charge in [0.05, 0.1) is 0 Å². The fourth-order valence-corrected chi connectivity index (χ4v) is 0.778. The molecule has 0 saturated carbocycles. The molecular formula is C5H9FN2OS. The number of amides is 2. The summed E-state index contributed by atoms with van der Waals surface area (Å²) >= 11 is 0.647. The van der Waals surface area contributed by atoms with Gasteiger partial charge in [-0.25, -0.2) is 9.18 Å². The van der Waals surface area contributed by atoms with Gasteiger partial charge in [0.15, 0.2) is 5.50 Å². The SMILES string of the molecule is C=CCC(F)SNC(N)=O. The van der Waals surface area contributed by atoms with Crippen molar-refractivity contribution in [1.82, 2.24) is 4.72 Å². The second-order valence-corrected chi connectivity index (χ2v) is 2.47. The van der Waals surface area contributed by atoms with Crippen molar-refractivity contribution in [3.8, 4) is 0 Å². The molecule has 0 spiro atoms. The van der Waals surface area contributed by atoms with Gasteiger partial charge in [0.25, 0.3) is 0 Å². The van der Waals surface area contributed by atoms with Crippen LogP contribution in [-0.4, -0.2) is 11.5 Å². The van der Waals surface area contributed by atoms with E-state index >= 15 is 0 Å². The second-order valence-electron chi connectivity index (χ2n) is 1.52. The van der Waals surface area contributed by atoms with Crippen LogP contribution in [0, 0.1) is 0 Å². The average molecular weight is 164 g/mol. The van der Waals surface area contributed by atoms with Crippen LogP contribution in [-0.2, 0) is 0 Å². The molecule has 0 aliphatic rings. The van der Waals surface area contributed by atoms with Crippen LogP contribution in [0.1, 0.15) is 6.42 Å². The molecule has 0 aromatic rings. The van der Waals surface area contributed by atoms with Gasteiger partial charge in [-0.2, -0.15) is 0 Å². The normalized spacial score (nSPS) is 12.1. The van der Waals surface area contributed by atoms with Crippen LogP contribution in [0.2, 0.25) is 0 Å². The Labute approximate surface area is 63.0 Å². The molecule has 0 heterocycles. The number of rotatable bonds is 4. The van der Waals surface area contributed by atoms with E-state index in [9.17, 15) is 9.18 Å². The van der Waals surface area contributed by atoms with Crippen LogP contribution >= 0.6 is 11.9 Å². The molecule has 58 valence electrons. The number of halogens is 1. The predicted molar refractivity (Wildman–Crippen MR) is 40.0 cm³/mol. The minimum atomic E-state index is -1.16. The Kier molecular flexibility index (Phi) is 4.74. The third-order valence-electron chi connectivity index (χ3n) is 0.639. The quantitative estimate of drug-likeness (QED) is 0.484. The first-order valence-electron chi connectivity index (χ1n) is 2.63. The summed E-state index contributed by atoms with van der Waals surface area (Å²) in [5.41, 5.74) is 3.51. The van der Waals surface area contributed by atoms with E-state index in [0.29, 0.717) is 11.9 Å². The molecule has 0 aliphatic heterocycles. The highest BCUT2D eigenvalue weighted by Gasteiger charge is 2.04. The number of nitrogens with one attached hydrogen (secondary N) is 1. The van der Waals surface area contributed by atoms with Gasteiger partial charge in [0.1, 0.15) is 0 Å². The molecule has 5 heteroatoms. The van der Waals surface area contributed by atoms with Crippen molar-refractivity contribution in [2.75, 3.05) is 0 Å². The Morgan fingerprint density at radius 3 is 3.00 bits per heavy atom. The van der Waals surface area contributed by atoms with Crippen LogP contribution in [0.5, 0.6) is 0 Å². The molecule has 0 fully saturated rings. The van der Waals surface area contributed by atoms with Crippen LogP contribution in [0.15, 0.2) is 12.7 Å². The lowest BCUT2D eigenvalue weighted by molar-refractivity contribution is 0.254. The largest absolute Gasteiger partial charge is 0.351 e. The number of carbonyl (C=O) groups excluding carboxylic acids is 1. The van der Waals surface area contributed by atoms with Gasteiger partial charge in [-0.05, 0) is 11.9 Å². The van der Waals surface area contributed by atoms with E-state index in [0.717, 1.165) is 0 Å². The lowest BCUT2D eigenvalue weighted by Crippen LogP contribution is -2.24. The van der Waals surface area contributed by atoms with Crippen molar-refractivity contribution in [2.45, 2.75) is 11.9 Å². The van der Waals surface area contributed by atoms with Gasteiger partial charge in [0, 0.05) is 6.42 Å². The maximum absolute atomic E-state index is 12.4. The Bertz CT molecular complexity index is 131. The summed E-state index contributed by atoms with van der Waals surface area (Å²) in [4.78, 5) is 10.0. The third kappa shape index (κ3) is 5.43. The summed E-state index contributed by atoms with van der Waals surface area (Å²) < 4.78 is 14.4. The van der Waals surface area contributed by atoms with Crippen LogP contribution in [0.25, 0.3) is 0 Å². The summed E-state index contributed by atoms with van der Waals surface area (Å²) in [5.74, 6) is 0. The highest BCUT2D eigenvalue weighted by Crippen LogP contribution is 2.11. The Hall–Kier alpha value is -0.710. The van der Waals surface area contributed by atoms with Crippen molar-refractivity contribution in [3.63, 3.8) is 0 Å². The molecule has 0 radical (unpaired) electrons. The number of urea groups is 1. The summed E-state index contributed by atoms with van der Waals surface area (Å²) in [5, 5.41) is 0. The number of nitrogens with two attached hydrogens (primary N) is 1. The van der Waals surface area contributed by atoms with E-state index in [2.05, 4.69) is 17.0 Å². The standard InChI is InChI=1S/C5H9FN2OS/c1-2-3-4(6)10-8-5(7)9/h2,4H,1,3H2,(H3,7,8,9). The van der Waals surface area contributed by atoms with E-state index in [-0.39, 0.29) is 6.42 Å². The number of hydrogen-bond acceptors (Lipinski definition) is 2. The third-order valence-corrected chi connectivity index (χ3v) is 1.41. The molecule has 1 unspecified atom stereocenters. The van der Waals surface area contributed by atoms with Crippen molar-refractivity contribution in [1.29, 1.82) is 0 Å². The van der Waals surface area contributed by atoms with Crippen LogP contribution in [0.4, 0.5) is 9.18 Å². The molecule has 2 amide bonds. The van der Waals surface area contributed by atoms with E-state index in [1.165, 1.54) is 6.08 Å². The zero-order chi connectivity index (χ0) is 7.98. The average Bonchev–Trinajstić information content (AvgIpc) is 1.85. The smallest absolute Gasteiger partial charge is 0.322 e. The van der Waals surface area contributed by atoms with Crippen molar-refractivity contribution < 1.29 is 9.18 Å². The van der Waals surface area contributed by atoms with Gasteiger partial charge in [-0.1, -0.05) is 6.08 Å². The molecule has 0 aromatic carbocycles. The predicted octanol–water partition coefficient (Wildman–Crippen LogP) is 1.17. The zero-order valence-electron chi connectivity index (χ0n) is 5.34. The Balaban J connectivity index is 3.29. The highest BCUT2D eigenvalue weighted by molar-refractivity contribution is 7.98. The summed E-state index contributed by atoms with van der Waals surface area (Å²) in [7, 11) is 0. The van der Waals surface area contributed by atoms with Crippen molar-refractivity contribution in [3.05, 3.63) is 12.7 Å². The second kappa shape index (κ2) is 5.10. The molecule has 3 nitrogen and oxygen atoms in total. The van der Waals surface area contributed by atoms with E-state index in [1.807, 2.05) is 0 Å². The number of carbonyl (C=O) groups is 1. The molecule has 1 atom stereocenters. The maximum atomic E-state index is 12.4. The minimum absolute atomic E-state index is 0.199. The van der Waals surface area contributed by atoms with Crippen molar-refractivity contribution >= 4 is 18.0 Å². The van der Waals surface area contributed by atoms with Crippen LogP contribution < -0.4 is 10.5 Å². The van der Waals surface area contributed by atoms with Gasteiger partial charge >= 0.3 is 6.03 Å². The molecule has 0 bridgehead atoms. The summed E-state index contributed by atoms with van der Waals surface area (Å²) in [6.45, 7) is 3.33. The lowest BCUT2D eigenvalue weighted by Gasteiger charge is -2.02. The van der Waals surface area contributed by atoms with E-state index in [1.54, 1.807) is 0 Å². The van der Waals surface area contributed by atoms with Gasteiger partial charge in [-0.3, -0.25) is 4.72 Å². The Morgan fingerprint density at radius 2 is 2.60 bits per heavy atom. The lowest BCUT2D eigenvalue weighted by atomic mass is 10.5. The molecule has 3 N–H and O–H groups in total. The molecule has 0 saturated heterocycles. The molecular weight excluding hydrogens is 155 g/mol. The number of alkyl halides is 1. The zero-order valence-corrected chi connectivity index (χ0v) is 6.16.